The Bertz CT molecular complexity index is 1430. The maximum absolute atomic E-state index is 12.0. The zero-order chi connectivity index (χ0) is 23.2. The quantitative estimate of drug-likeness (QED) is 0.365. The third-order valence-corrected chi connectivity index (χ3v) is 6.75. The minimum atomic E-state index is -4.44. The SMILES string of the molecule is CN(C)c1ccc2cc(S(=O)(=O)O)cc(O[C@@H](c3ncnc4[nH]cnc34)C3CCCN3)c2c1. The first kappa shape index (κ1) is 21.6. The van der Waals surface area contributed by atoms with E-state index < -0.39 is 16.2 Å². The summed E-state index contributed by atoms with van der Waals surface area (Å²) in [5.41, 5.74) is 2.73. The normalized spacial score (nSPS) is 17.5. The summed E-state index contributed by atoms with van der Waals surface area (Å²) in [5, 5.41) is 4.82. The number of fused-ring (bicyclic) bond motifs is 2. The van der Waals surface area contributed by atoms with Gasteiger partial charge >= 0.3 is 0 Å². The fraction of sp³-hybridized carbons (Fsp3) is 0.318. The van der Waals surface area contributed by atoms with Gasteiger partial charge in [0.1, 0.15) is 23.3 Å². The highest BCUT2D eigenvalue weighted by atomic mass is 32.2. The molecule has 10 nitrogen and oxygen atoms in total. The van der Waals surface area contributed by atoms with Gasteiger partial charge in [0.25, 0.3) is 10.1 Å². The summed E-state index contributed by atoms with van der Waals surface area (Å²) < 4.78 is 40.3. The molecule has 1 fully saturated rings. The summed E-state index contributed by atoms with van der Waals surface area (Å²) in [4.78, 5) is 17.8. The highest BCUT2D eigenvalue weighted by molar-refractivity contribution is 7.85. The molecule has 5 rings (SSSR count). The summed E-state index contributed by atoms with van der Waals surface area (Å²) in [7, 11) is -0.587. The second kappa shape index (κ2) is 8.25. The van der Waals surface area contributed by atoms with E-state index in [2.05, 4.69) is 25.3 Å². The van der Waals surface area contributed by atoms with E-state index in [1.54, 1.807) is 6.33 Å². The van der Waals surface area contributed by atoms with Crippen LogP contribution in [0.5, 0.6) is 5.75 Å². The van der Waals surface area contributed by atoms with Gasteiger partial charge in [-0.05, 0) is 43.0 Å². The molecule has 2 aromatic carbocycles. The Kier molecular flexibility index (Phi) is 5.39. The van der Waals surface area contributed by atoms with Crippen LogP contribution in [0.3, 0.4) is 0 Å². The molecule has 0 aliphatic carbocycles. The van der Waals surface area contributed by atoms with E-state index in [1.165, 1.54) is 18.5 Å². The number of hydrogen-bond donors (Lipinski definition) is 3. The fourth-order valence-electron chi connectivity index (χ4n) is 4.24. The number of aromatic amines is 1. The van der Waals surface area contributed by atoms with Gasteiger partial charge in [-0.1, -0.05) is 6.07 Å². The second-order valence-corrected chi connectivity index (χ2v) is 9.72. The number of ether oxygens (including phenoxy) is 1. The predicted octanol–water partition coefficient (Wildman–Crippen LogP) is 2.69. The lowest BCUT2D eigenvalue weighted by atomic mass is 10.0. The summed E-state index contributed by atoms with van der Waals surface area (Å²) in [6.07, 6.45) is 4.30. The number of H-pyrrole nitrogens is 1. The molecule has 3 heterocycles. The lowest BCUT2D eigenvalue weighted by Gasteiger charge is -2.26. The van der Waals surface area contributed by atoms with Crippen LogP contribution in [0.4, 0.5) is 5.69 Å². The molecule has 172 valence electrons. The summed E-state index contributed by atoms with van der Waals surface area (Å²) in [6, 6.07) is 8.38. The molecule has 0 radical (unpaired) electrons. The maximum atomic E-state index is 12.0. The Balaban J connectivity index is 1.70. The maximum Gasteiger partial charge on any atom is 0.294 e. The highest BCUT2D eigenvalue weighted by Crippen LogP contribution is 2.37. The number of nitrogens with zero attached hydrogens (tertiary/aromatic N) is 4. The van der Waals surface area contributed by atoms with Gasteiger partial charge in [0.15, 0.2) is 11.8 Å². The van der Waals surface area contributed by atoms with E-state index in [0.29, 0.717) is 28.0 Å². The molecule has 2 aromatic heterocycles. The Labute approximate surface area is 190 Å². The van der Waals surface area contributed by atoms with Gasteiger partial charge in [-0.2, -0.15) is 8.42 Å². The molecule has 0 saturated carbocycles. The van der Waals surface area contributed by atoms with Crippen molar-refractivity contribution in [3.8, 4) is 5.75 Å². The van der Waals surface area contributed by atoms with Crippen LogP contribution in [0.25, 0.3) is 21.9 Å². The van der Waals surface area contributed by atoms with Crippen molar-refractivity contribution in [2.75, 3.05) is 25.5 Å². The molecule has 0 amide bonds. The number of rotatable bonds is 6. The number of aromatic nitrogens is 4. The average molecular weight is 469 g/mol. The Hall–Kier alpha value is -3.28. The summed E-state index contributed by atoms with van der Waals surface area (Å²) in [5.74, 6) is 0.338. The lowest BCUT2D eigenvalue weighted by Crippen LogP contribution is -2.33. The van der Waals surface area contributed by atoms with E-state index >= 15 is 0 Å². The highest BCUT2D eigenvalue weighted by Gasteiger charge is 2.32. The third kappa shape index (κ3) is 4.10. The van der Waals surface area contributed by atoms with Gasteiger partial charge in [0, 0.05) is 31.2 Å². The Morgan fingerprint density at radius 2 is 2.03 bits per heavy atom. The van der Waals surface area contributed by atoms with Gasteiger partial charge in [0.05, 0.1) is 17.3 Å². The molecule has 0 spiro atoms. The van der Waals surface area contributed by atoms with Crippen molar-refractivity contribution >= 4 is 37.7 Å². The summed E-state index contributed by atoms with van der Waals surface area (Å²) >= 11 is 0. The Morgan fingerprint density at radius 3 is 2.76 bits per heavy atom. The molecule has 33 heavy (non-hydrogen) atoms. The molecule has 0 bridgehead atoms. The number of nitrogens with one attached hydrogen (secondary N) is 2. The fourth-order valence-corrected chi connectivity index (χ4v) is 4.77. The first-order valence-electron chi connectivity index (χ1n) is 10.6. The van der Waals surface area contributed by atoms with Crippen LogP contribution in [0.15, 0.2) is 47.9 Å². The number of imidazole rings is 1. The van der Waals surface area contributed by atoms with Crippen LogP contribution in [-0.2, 0) is 10.1 Å². The van der Waals surface area contributed by atoms with Crippen LogP contribution >= 0.6 is 0 Å². The standard InChI is InChI=1S/C22H24N6O4S/c1-28(2)14-6-5-13-8-15(33(29,30)31)10-18(16(13)9-14)32-21(17-4-3-7-23-17)19-20-22(26-11-24-19)27-12-25-20/h5-6,8-12,17,21,23H,3-4,7H2,1-2H3,(H,29,30,31)(H,24,25,26,27)/t17?,21-/m1/s1. The molecule has 3 N–H and O–H groups in total. The smallest absolute Gasteiger partial charge is 0.294 e. The van der Waals surface area contributed by atoms with Gasteiger partial charge in [-0.25, -0.2) is 15.0 Å². The molecular formula is C22H24N6O4S. The van der Waals surface area contributed by atoms with E-state index in [9.17, 15) is 13.0 Å². The average Bonchev–Trinajstić information content (AvgIpc) is 3.48. The molecule has 1 aliphatic rings. The number of hydrogen-bond acceptors (Lipinski definition) is 8. The van der Waals surface area contributed by atoms with E-state index in [1.807, 2.05) is 37.2 Å². The third-order valence-electron chi connectivity index (χ3n) is 5.92. The first-order chi connectivity index (χ1) is 15.8. The molecule has 2 atom stereocenters. The molecule has 1 unspecified atom stereocenters. The van der Waals surface area contributed by atoms with Gasteiger partial charge < -0.3 is 19.9 Å². The van der Waals surface area contributed by atoms with Gasteiger partial charge in [-0.3, -0.25) is 4.55 Å². The van der Waals surface area contributed by atoms with Crippen molar-refractivity contribution in [1.29, 1.82) is 0 Å². The monoisotopic (exact) mass is 468 g/mol. The lowest BCUT2D eigenvalue weighted by molar-refractivity contribution is 0.162. The second-order valence-electron chi connectivity index (χ2n) is 8.30. The van der Waals surface area contributed by atoms with Crippen molar-refractivity contribution in [1.82, 2.24) is 25.3 Å². The van der Waals surface area contributed by atoms with Crippen LogP contribution in [0.1, 0.15) is 24.6 Å². The van der Waals surface area contributed by atoms with E-state index in [0.717, 1.165) is 30.5 Å². The van der Waals surface area contributed by atoms with Crippen molar-refractivity contribution in [3.63, 3.8) is 0 Å². The van der Waals surface area contributed by atoms with Gasteiger partial charge in [-0.15, -0.1) is 0 Å². The first-order valence-corrected chi connectivity index (χ1v) is 12.0. The van der Waals surface area contributed by atoms with Crippen LogP contribution in [0.2, 0.25) is 0 Å². The molecule has 11 heteroatoms. The number of benzene rings is 2. The van der Waals surface area contributed by atoms with Gasteiger partial charge in [0.2, 0.25) is 0 Å². The van der Waals surface area contributed by atoms with Crippen LogP contribution in [-0.4, -0.2) is 59.6 Å². The van der Waals surface area contributed by atoms with Crippen LogP contribution in [0, 0.1) is 0 Å². The Morgan fingerprint density at radius 1 is 1.18 bits per heavy atom. The van der Waals surface area contributed by atoms with Crippen molar-refractivity contribution < 1.29 is 17.7 Å². The van der Waals surface area contributed by atoms with Crippen LogP contribution < -0.4 is 15.0 Å². The molecule has 1 saturated heterocycles. The van der Waals surface area contributed by atoms with Crippen molar-refractivity contribution in [2.24, 2.45) is 0 Å². The van der Waals surface area contributed by atoms with E-state index in [4.69, 9.17) is 4.74 Å². The van der Waals surface area contributed by atoms with E-state index in [-0.39, 0.29) is 10.9 Å². The predicted molar refractivity (Wildman–Crippen MR) is 124 cm³/mol. The zero-order valence-corrected chi connectivity index (χ0v) is 19.0. The minimum Gasteiger partial charge on any atom is -0.482 e. The minimum absolute atomic E-state index is 0.0544. The largest absolute Gasteiger partial charge is 0.482 e. The summed E-state index contributed by atoms with van der Waals surface area (Å²) in [6.45, 7) is 0.843. The molecular weight excluding hydrogens is 444 g/mol. The van der Waals surface area contributed by atoms with Crippen molar-refractivity contribution in [2.45, 2.75) is 29.9 Å². The number of anilines is 1. The zero-order valence-electron chi connectivity index (χ0n) is 18.2. The van der Waals surface area contributed by atoms with Crippen molar-refractivity contribution in [3.05, 3.63) is 48.7 Å². The topological polar surface area (TPSA) is 133 Å². The molecule has 4 aromatic rings. The molecule has 1 aliphatic heterocycles.